The van der Waals surface area contributed by atoms with Crippen LogP contribution in [0, 0.1) is 24.0 Å². The topological polar surface area (TPSA) is 78.7 Å². The maximum atomic E-state index is 12.9. The maximum absolute atomic E-state index is 12.9. The minimum atomic E-state index is -3.85. The summed E-state index contributed by atoms with van der Waals surface area (Å²) in [6, 6.07) is 2.81. The Balaban J connectivity index is 3.38. The van der Waals surface area contributed by atoms with E-state index in [-0.39, 0.29) is 36.0 Å². The minimum absolute atomic E-state index is 0.0504. The molecule has 0 spiro atoms. The van der Waals surface area contributed by atoms with E-state index in [0.717, 1.165) is 5.56 Å². The van der Waals surface area contributed by atoms with Gasteiger partial charge in [0.1, 0.15) is 5.30 Å². The normalized spacial score (nSPS) is 11.6. The molecule has 0 saturated heterocycles. The molecule has 0 unspecified atom stereocenters. The minimum Gasteiger partial charge on any atom is -0.304 e. The van der Waals surface area contributed by atoms with E-state index in [1.165, 1.54) is 12.1 Å². The van der Waals surface area contributed by atoms with Crippen molar-refractivity contribution in [2.45, 2.75) is 13.8 Å². The summed E-state index contributed by atoms with van der Waals surface area (Å²) < 4.78 is 23.2. The summed E-state index contributed by atoms with van der Waals surface area (Å²) in [4.78, 5) is 10.6. The van der Waals surface area contributed by atoms with Crippen LogP contribution >= 0.6 is 30.8 Å². The predicted octanol–water partition coefficient (Wildman–Crippen LogP) is 3.54. The van der Waals surface area contributed by atoms with Gasteiger partial charge in [-0.3, -0.25) is 14.7 Å². The van der Waals surface area contributed by atoms with Gasteiger partial charge in [-0.05, 0) is 31.0 Å². The molecule has 0 aliphatic carbocycles. The van der Waals surface area contributed by atoms with Crippen LogP contribution in [0.25, 0.3) is 0 Å². The van der Waals surface area contributed by atoms with Gasteiger partial charge in [0.25, 0.3) is 5.69 Å². The van der Waals surface area contributed by atoms with Gasteiger partial charge in [-0.2, -0.15) is 0 Å². The Morgan fingerprint density at radius 2 is 1.62 bits per heavy atom. The van der Waals surface area contributed by atoms with Gasteiger partial charge in [-0.1, -0.05) is 0 Å². The third-order valence-electron chi connectivity index (χ3n) is 2.76. The van der Waals surface area contributed by atoms with Crippen LogP contribution in [0.3, 0.4) is 0 Å². The fourth-order valence-electron chi connectivity index (χ4n) is 1.64. The van der Waals surface area contributed by atoms with E-state index >= 15 is 0 Å². The molecule has 0 atom stereocenters. The van der Waals surface area contributed by atoms with Crippen LogP contribution in [0.4, 0.5) is 5.69 Å². The largest absolute Gasteiger partial charge is 0.368 e. The molecular formula is C12H16Cl2NO5P. The molecule has 21 heavy (non-hydrogen) atoms. The van der Waals surface area contributed by atoms with Crippen LogP contribution in [0.5, 0.6) is 0 Å². The number of nitrogens with zero attached hydrogens (tertiary/aromatic N) is 1. The zero-order valence-electron chi connectivity index (χ0n) is 11.7. The van der Waals surface area contributed by atoms with Crippen molar-refractivity contribution in [3.05, 3.63) is 33.4 Å². The van der Waals surface area contributed by atoms with Crippen LogP contribution in [0.15, 0.2) is 12.1 Å². The molecule has 0 fully saturated rings. The average Bonchev–Trinajstić information content (AvgIpc) is 2.45. The Morgan fingerprint density at radius 1 is 1.14 bits per heavy atom. The first kappa shape index (κ1) is 18.4. The molecule has 118 valence electrons. The van der Waals surface area contributed by atoms with E-state index in [9.17, 15) is 14.7 Å². The highest BCUT2D eigenvalue weighted by Crippen LogP contribution is 2.49. The van der Waals surface area contributed by atoms with E-state index in [4.69, 9.17) is 32.2 Å². The molecular weight excluding hydrogens is 340 g/mol. The van der Waals surface area contributed by atoms with Crippen LogP contribution in [-0.2, 0) is 13.6 Å². The molecule has 0 N–H and O–H groups in total. The Bertz CT molecular complexity index is 555. The van der Waals surface area contributed by atoms with Gasteiger partial charge in [0.2, 0.25) is 0 Å². The van der Waals surface area contributed by atoms with Gasteiger partial charge in [-0.25, -0.2) is 0 Å². The van der Waals surface area contributed by atoms with Crippen LogP contribution in [-0.4, -0.2) is 29.9 Å². The molecule has 1 rings (SSSR count). The van der Waals surface area contributed by atoms with Crippen molar-refractivity contribution in [3.8, 4) is 0 Å². The van der Waals surface area contributed by atoms with Crippen LogP contribution in [0.2, 0.25) is 0 Å². The standard InChI is InChI=1S/C12H16Cl2NO5P/c1-9-7-11(15(16)17)12(8-10(9)2)21(18,19-5-3-13)20-6-4-14/h7-8H,3-6H2,1-2H3. The number of benzene rings is 1. The summed E-state index contributed by atoms with van der Waals surface area (Å²) in [5.74, 6) is 0.180. The summed E-state index contributed by atoms with van der Waals surface area (Å²) in [5, 5.41) is 11.1. The van der Waals surface area contributed by atoms with E-state index in [1.54, 1.807) is 13.8 Å². The molecule has 0 aliphatic rings. The lowest BCUT2D eigenvalue weighted by molar-refractivity contribution is -0.383. The number of hydrogen-bond donors (Lipinski definition) is 0. The van der Waals surface area contributed by atoms with E-state index < -0.39 is 12.5 Å². The third-order valence-corrected chi connectivity index (χ3v) is 5.06. The molecule has 0 amide bonds. The quantitative estimate of drug-likeness (QED) is 0.308. The van der Waals surface area contributed by atoms with Crippen molar-refractivity contribution < 1.29 is 18.5 Å². The van der Waals surface area contributed by atoms with Crippen molar-refractivity contribution in [1.29, 1.82) is 0 Å². The smallest absolute Gasteiger partial charge is 0.304 e. The summed E-state index contributed by atoms with van der Waals surface area (Å²) in [7, 11) is -3.85. The van der Waals surface area contributed by atoms with Crippen molar-refractivity contribution in [2.24, 2.45) is 0 Å². The molecule has 0 bridgehead atoms. The van der Waals surface area contributed by atoms with Crippen molar-refractivity contribution in [1.82, 2.24) is 0 Å². The Hall–Kier alpha value is -0.650. The zero-order valence-corrected chi connectivity index (χ0v) is 14.1. The van der Waals surface area contributed by atoms with Crippen molar-refractivity contribution >= 4 is 41.8 Å². The van der Waals surface area contributed by atoms with Crippen LogP contribution in [0.1, 0.15) is 11.1 Å². The average molecular weight is 356 g/mol. The Morgan fingerprint density at radius 3 is 2.05 bits per heavy atom. The predicted molar refractivity (Wildman–Crippen MR) is 83.2 cm³/mol. The number of nitro benzene ring substituents is 1. The number of halogens is 2. The van der Waals surface area contributed by atoms with Gasteiger partial charge in [0.15, 0.2) is 0 Å². The second-order valence-corrected chi connectivity index (χ2v) is 6.97. The number of hydrogen-bond acceptors (Lipinski definition) is 5. The fourth-order valence-corrected chi connectivity index (χ4v) is 3.80. The monoisotopic (exact) mass is 355 g/mol. The molecule has 9 heteroatoms. The number of rotatable bonds is 8. The first-order valence-corrected chi connectivity index (χ1v) is 8.74. The number of nitro groups is 1. The summed E-state index contributed by atoms with van der Waals surface area (Å²) in [6.45, 7) is 3.39. The van der Waals surface area contributed by atoms with Gasteiger partial charge in [0.05, 0.1) is 18.1 Å². The molecule has 6 nitrogen and oxygen atoms in total. The van der Waals surface area contributed by atoms with Crippen molar-refractivity contribution in [3.63, 3.8) is 0 Å². The van der Waals surface area contributed by atoms with E-state index in [1.807, 2.05) is 0 Å². The summed E-state index contributed by atoms with van der Waals surface area (Å²) in [6.07, 6.45) is 0. The van der Waals surface area contributed by atoms with E-state index in [2.05, 4.69) is 0 Å². The molecule has 0 radical (unpaired) electrons. The second-order valence-electron chi connectivity index (χ2n) is 4.22. The first-order valence-electron chi connectivity index (χ1n) is 6.13. The lowest BCUT2D eigenvalue weighted by Gasteiger charge is -2.18. The molecule has 1 aromatic carbocycles. The number of alkyl halides is 2. The Kier molecular flexibility index (Phi) is 7.10. The highest BCUT2D eigenvalue weighted by Gasteiger charge is 2.35. The molecule has 0 saturated carbocycles. The SMILES string of the molecule is Cc1cc([N+](=O)[O-])c(P(=O)(OCCCl)OCCCl)cc1C. The highest BCUT2D eigenvalue weighted by atomic mass is 35.5. The summed E-state index contributed by atoms with van der Waals surface area (Å²) in [5.41, 5.74) is 1.16. The first-order chi connectivity index (χ1) is 9.85. The second kappa shape index (κ2) is 8.11. The zero-order chi connectivity index (χ0) is 16.0. The molecule has 0 aromatic heterocycles. The molecule has 0 heterocycles. The Labute approximate surface area is 133 Å². The van der Waals surface area contributed by atoms with E-state index in [0.29, 0.717) is 5.56 Å². The third kappa shape index (κ3) is 4.66. The van der Waals surface area contributed by atoms with Crippen LogP contribution < -0.4 is 5.30 Å². The van der Waals surface area contributed by atoms with Crippen molar-refractivity contribution in [2.75, 3.05) is 25.0 Å². The maximum Gasteiger partial charge on any atom is 0.368 e. The van der Waals surface area contributed by atoms with Gasteiger partial charge < -0.3 is 9.05 Å². The van der Waals surface area contributed by atoms with Gasteiger partial charge in [0, 0.05) is 17.8 Å². The van der Waals surface area contributed by atoms with Gasteiger partial charge in [-0.15, -0.1) is 23.2 Å². The molecule has 0 aliphatic heterocycles. The highest BCUT2D eigenvalue weighted by molar-refractivity contribution is 7.62. The van der Waals surface area contributed by atoms with Gasteiger partial charge >= 0.3 is 7.60 Å². The number of aryl methyl sites for hydroxylation is 2. The lowest BCUT2D eigenvalue weighted by Crippen LogP contribution is -2.17. The molecule has 1 aromatic rings. The fraction of sp³-hybridized carbons (Fsp3) is 0.500. The lowest BCUT2D eigenvalue weighted by atomic mass is 10.1. The summed E-state index contributed by atoms with van der Waals surface area (Å²) >= 11 is 11.1.